The summed E-state index contributed by atoms with van der Waals surface area (Å²) in [6.07, 6.45) is 3.14. The molecule has 0 saturated carbocycles. The third-order valence-corrected chi connectivity index (χ3v) is 3.71. The van der Waals surface area contributed by atoms with Gasteiger partial charge >= 0.3 is 5.97 Å². The molecule has 6 heteroatoms. The van der Waals surface area contributed by atoms with E-state index in [9.17, 15) is 14.0 Å². The van der Waals surface area contributed by atoms with E-state index in [0.29, 0.717) is 5.69 Å². The van der Waals surface area contributed by atoms with E-state index in [1.165, 1.54) is 24.3 Å². The van der Waals surface area contributed by atoms with Gasteiger partial charge in [0.1, 0.15) is 5.82 Å². The van der Waals surface area contributed by atoms with Gasteiger partial charge in [0.15, 0.2) is 6.61 Å². The molecular weight excluding hydrogens is 345 g/mol. The number of carbonyl (C=O) groups excluding carboxylic acids is 2. The molecule has 0 aromatic heterocycles. The van der Waals surface area contributed by atoms with Gasteiger partial charge in [-0.05, 0) is 42.3 Å². The lowest BCUT2D eigenvalue weighted by Crippen LogP contribution is -2.20. The highest BCUT2D eigenvalue weighted by atomic mass is 35.5. The Bertz CT molecular complexity index is 768. The minimum Gasteiger partial charge on any atom is -0.452 e. The van der Waals surface area contributed by atoms with E-state index in [2.05, 4.69) is 5.32 Å². The number of carbonyl (C=O) groups is 2. The molecule has 0 aliphatic carbocycles. The van der Waals surface area contributed by atoms with E-state index in [1.54, 1.807) is 12.1 Å². The minimum absolute atomic E-state index is 0.0848. The molecule has 0 heterocycles. The third-order valence-electron chi connectivity index (χ3n) is 3.38. The molecule has 0 aliphatic rings. The van der Waals surface area contributed by atoms with Gasteiger partial charge in [0.25, 0.3) is 5.91 Å². The van der Waals surface area contributed by atoms with E-state index < -0.39 is 24.3 Å². The van der Waals surface area contributed by atoms with Gasteiger partial charge in [-0.2, -0.15) is 0 Å². The van der Waals surface area contributed by atoms with Crippen molar-refractivity contribution >= 4 is 35.2 Å². The lowest BCUT2D eigenvalue weighted by molar-refractivity contribution is -0.142. The molecule has 1 amide bonds. The van der Waals surface area contributed by atoms with Crippen molar-refractivity contribution in [2.45, 2.75) is 13.3 Å². The summed E-state index contributed by atoms with van der Waals surface area (Å²) >= 11 is 5.84. The van der Waals surface area contributed by atoms with E-state index in [-0.39, 0.29) is 10.6 Å². The molecule has 0 bridgehead atoms. The molecule has 0 saturated heterocycles. The van der Waals surface area contributed by atoms with Gasteiger partial charge in [0.05, 0.1) is 5.02 Å². The summed E-state index contributed by atoms with van der Waals surface area (Å²) in [5.74, 6) is -1.78. The fraction of sp³-hybridized carbons (Fsp3) is 0.158. The molecule has 0 fully saturated rings. The van der Waals surface area contributed by atoms with Crippen molar-refractivity contribution in [3.8, 4) is 0 Å². The zero-order valence-electron chi connectivity index (χ0n) is 13.6. The Morgan fingerprint density at radius 1 is 1.20 bits per heavy atom. The first-order valence-corrected chi connectivity index (χ1v) is 8.05. The van der Waals surface area contributed by atoms with Crippen LogP contribution in [0.5, 0.6) is 0 Å². The van der Waals surface area contributed by atoms with Crippen molar-refractivity contribution in [1.82, 2.24) is 0 Å². The lowest BCUT2D eigenvalue weighted by atomic mass is 10.1. The number of benzene rings is 2. The maximum atomic E-state index is 13.6. The van der Waals surface area contributed by atoms with E-state index in [4.69, 9.17) is 16.3 Å². The molecule has 0 radical (unpaired) electrons. The zero-order chi connectivity index (χ0) is 18.2. The number of halogens is 2. The van der Waals surface area contributed by atoms with Crippen LogP contribution >= 0.6 is 11.6 Å². The molecule has 1 N–H and O–H groups in total. The fourth-order valence-corrected chi connectivity index (χ4v) is 2.25. The van der Waals surface area contributed by atoms with Crippen LogP contribution in [0.2, 0.25) is 5.02 Å². The second kappa shape index (κ2) is 8.99. The molecule has 4 nitrogen and oxygen atoms in total. The largest absolute Gasteiger partial charge is 0.452 e. The number of hydrogen-bond donors (Lipinski definition) is 1. The SMILES string of the molecule is CCc1ccc(NC(=O)COC(=O)/C=C/c2c(F)cccc2Cl)cc1. The molecule has 0 atom stereocenters. The summed E-state index contributed by atoms with van der Waals surface area (Å²) in [4.78, 5) is 23.4. The minimum atomic E-state index is -0.768. The lowest BCUT2D eigenvalue weighted by Gasteiger charge is -2.06. The highest BCUT2D eigenvalue weighted by Crippen LogP contribution is 2.20. The van der Waals surface area contributed by atoms with Crippen LogP contribution in [0.4, 0.5) is 10.1 Å². The normalized spacial score (nSPS) is 10.7. The smallest absolute Gasteiger partial charge is 0.331 e. The van der Waals surface area contributed by atoms with Gasteiger partial charge < -0.3 is 10.1 Å². The maximum Gasteiger partial charge on any atom is 0.331 e. The van der Waals surface area contributed by atoms with Crippen molar-refractivity contribution in [3.63, 3.8) is 0 Å². The van der Waals surface area contributed by atoms with E-state index >= 15 is 0 Å². The van der Waals surface area contributed by atoms with Crippen LogP contribution in [0.3, 0.4) is 0 Å². The van der Waals surface area contributed by atoms with Crippen molar-refractivity contribution in [2.24, 2.45) is 0 Å². The number of amides is 1. The first-order valence-electron chi connectivity index (χ1n) is 7.67. The Morgan fingerprint density at radius 2 is 1.92 bits per heavy atom. The zero-order valence-corrected chi connectivity index (χ0v) is 14.3. The Labute approximate surface area is 150 Å². The summed E-state index contributed by atoms with van der Waals surface area (Å²) in [7, 11) is 0. The standard InChI is InChI=1S/C19H17ClFNO3/c1-2-13-6-8-14(9-7-13)22-18(23)12-25-19(24)11-10-15-16(20)4-3-5-17(15)21/h3-11H,2,12H2,1H3,(H,22,23)/b11-10+. The van der Waals surface area contributed by atoms with Gasteiger partial charge in [-0.15, -0.1) is 0 Å². The predicted molar refractivity (Wildman–Crippen MR) is 95.9 cm³/mol. The molecule has 0 spiro atoms. The van der Waals surface area contributed by atoms with Crippen LogP contribution < -0.4 is 5.32 Å². The summed E-state index contributed by atoms with van der Waals surface area (Å²) in [6.45, 7) is 1.60. The number of anilines is 1. The van der Waals surface area contributed by atoms with Gasteiger partial charge in [-0.1, -0.05) is 36.7 Å². The van der Waals surface area contributed by atoms with Gasteiger partial charge in [0, 0.05) is 17.3 Å². The highest BCUT2D eigenvalue weighted by molar-refractivity contribution is 6.32. The number of esters is 1. The Hall–Kier alpha value is -2.66. The molecule has 130 valence electrons. The Kier molecular flexibility index (Phi) is 6.71. The topological polar surface area (TPSA) is 55.4 Å². The number of ether oxygens (including phenoxy) is 1. The van der Waals surface area contributed by atoms with Crippen LogP contribution in [0.1, 0.15) is 18.1 Å². The van der Waals surface area contributed by atoms with E-state index in [0.717, 1.165) is 18.1 Å². The number of hydrogen-bond acceptors (Lipinski definition) is 3. The van der Waals surface area contributed by atoms with Crippen LogP contribution in [0.15, 0.2) is 48.5 Å². The predicted octanol–water partition coefficient (Wildman–Crippen LogP) is 4.24. The Balaban J connectivity index is 1.84. The first kappa shape index (κ1) is 18.7. The summed E-state index contributed by atoms with van der Waals surface area (Å²) in [5.41, 5.74) is 1.86. The van der Waals surface area contributed by atoms with Crippen LogP contribution in [0, 0.1) is 5.82 Å². The fourth-order valence-electron chi connectivity index (χ4n) is 2.03. The van der Waals surface area contributed by atoms with Crippen molar-refractivity contribution in [1.29, 1.82) is 0 Å². The van der Waals surface area contributed by atoms with Crippen LogP contribution in [0.25, 0.3) is 6.08 Å². The summed E-state index contributed by atoms with van der Waals surface area (Å²) in [6, 6.07) is 11.6. The molecule has 2 rings (SSSR count). The van der Waals surface area contributed by atoms with Gasteiger partial charge in [-0.3, -0.25) is 4.79 Å². The summed E-state index contributed by atoms with van der Waals surface area (Å²) < 4.78 is 18.4. The van der Waals surface area contributed by atoms with Crippen molar-refractivity contribution in [2.75, 3.05) is 11.9 Å². The first-order chi connectivity index (χ1) is 12.0. The molecule has 25 heavy (non-hydrogen) atoms. The van der Waals surface area contributed by atoms with Crippen molar-refractivity contribution in [3.05, 3.63) is 70.5 Å². The molecule has 2 aromatic carbocycles. The average Bonchev–Trinajstić information content (AvgIpc) is 2.60. The molecular formula is C19H17ClFNO3. The highest BCUT2D eigenvalue weighted by Gasteiger charge is 2.07. The number of nitrogens with one attached hydrogen (secondary N) is 1. The molecule has 2 aromatic rings. The quantitative estimate of drug-likeness (QED) is 0.618. The van der Waals surface area contributed by atoms with Crippen LogP contribution in [-0.4, -0.2) is 18.5 Å². The van der Waals surface area contributed by atoms with Crippen LogP contribution in [-0.2, 0) is 20.7 Å². The Morgan fingerprint density at radius 3 is 2.56 bits per heavy atom. The second-order valence-electron chi connectivity index (χ2n) is 5.18. The monoisotopic (exact) mass is 361 g/mol. The third kappa shape index (κ3) is 5.72. The molecule has 0 unspecified atom stereocenters. The van der Waals surface area contributed by atoms with Crippen molar-refractivity contribution < 1.29 is 18.7 Å². The van der Waals surface area contributed by atoms with Gasteiger partial charge in [-0.25, -0.2) is 9.18 Å². The molecule has 0 aliphatic heterocycles. The average molecular weight is 362 g/mol. The number of aryl methyl sites for hydroxylation is 1. The second-order valence-corrected chi connectivity index (χ2v) is 5.58. The maximum absolute atomic E-state index is 13.6. The number of rotatable bonds is 6. The summed E-state index contributed by atoms with van der Waals surface area (Å²) in [5, 5.41) is 2.80. The van der Waals surface area contributed by atoms with Gasteiger partial charge in [0.2, 0.25) is 0 Å². The van der Waals surface area contributed by atoms with E-state index in [1.807, 2.05) is 19.1 Å².